The second kappa shape index (κ2) is 11.6. The van der Waals surface area contributed by atoms with Crippen LogP contribution in [0.2, 0.25) is 0 Å². The zero-order valence-electron chi connectivity index (χ0n) is 22.4. The van der Waals surface area contributed by atoms with Gasteiger partial charge < -0.3 is 19.3 Å². The number of phenolic OH excluding ortho intramolecular Hbond substituents is 1. The van der Waals surface area contributed by atoms with E-state index in [1.807, 2.05) is 39.8 Å². The SMILES string of the molecule is CC(C)OCc1cc(CCOC2=CC=C(C(C)(C)C(C)(C)C)CC2)cc(COC(C)C)c1O. The third-order valence-electron chi connectivity index (χ3n) is 6.94. The quantitative estimate of drug-likeness (QED) is 0.373. The molecule has 1 aromatic carbocycles. The first-order chi connectivity index (χ1) is 15.3. The largest absolute Gasteiger partial charge is 0.507 e. The average Bonchev–Trinajstić information content (AvgIpc) is 2.72. The van der Waals surface area contributed by atoms with Crippen molar-refractivity contribution in [3.63, 3.8) is 0 Å². The van der Waals surface area contributed by atoms with Crippen molar-refractivity contribution >= 4 is 0 Å². The van der Waals surface area contributed by atoms with Crippen LogP contribution in [0.3, 0.4) is 0 Å². The molecule has 186 valence electrons. The fraction of sp³-hybridized carbons (Fsp3) is 0.655. The maximum atomic E-state index is 10.7. The van der Waals surface area contributed by atoms with Gasteiger partial charge in [0.2, 0.25) is 0 Å². The lowest BCUT2D eigenvalue weighted by Crippen LogP contribution is -2.32. The predicted octanol–water partition coefficient (Wildman–Crippen LogP) is 7.48. The van der Waals surface area contributed by atoms with E-state index in [0.717, 1.165) is 41.7 Å². The zero-order valence-corrected chi connectivity index (χ0v) is 22.4. The van der Waals surface area contributed by atoms with E-state index in [9.17, 15) is 5.11 Å². The molecule has 0 aromatic heterocycles. The topological polar surface area (TPSA) is 47.9 Å². The number of ether oxygens (including phenoxy) is 3. The van der Waals surface area contributed by atoms with Crippen LogP contribution in [0.15, 0.2) is 35.6 Å². The Balaban J connectivity index is 2.06. The second-order valence-electron chi connectivity index (χ2n) is 11.3. The van der Waals surface area contributed by atoms with Crippen molar-refractivity contribution in [1.29, 1.82) is 0 Å². The van der Waals surface area contributed by atoms with E-state index in [1.165, 1.54) is 5.57 Å². The van der Waals surface area contributed by atoms with Gasteiger partial charge in [-0.1, -0.05) is 46.3 Å². The number of hydrogen-bond donors (Lipinski definition) is 1. The summed E-state index contributed by atoms with van der Waals surface area (Å²) in [6.07, 6.45) is 7.37. The van der Waals surface area contributed by atoms with Gasteiger partial charge in [-0.2, -0.15) is 0 Å². The number of rotatable bonds is 11. The van der Waals surface area contributed by atoms with E-state index in [0.29, 0.717) is 19.8 Å². The molecule has 0 unspecified atom stereocenters. The smallest absolute Gasteiger partial charge is 0.126 e. The number of aromatic hydroxyl groups is 1. The first kappa shape index (κ1) is 27.5. The van der Waals surface area contributed by atoms with Crippen molar-refractivity contribution in [2.45, 2.75) is 107 Å². The molecular weight excluding hydrogens is 412 g/mol. The normalized spacial score (nSPS) is 15.1. The highest BCUT2D eigenvalue weighted by Crippen LogP contribution is 2.46. The van der Waals surface area contributed by atoms with Crippen molar-refractivity contribution in [1.82, 2.24) is 0 Å². The molecule has 0 saturated heterocycles. The summed E-state index contributed by atoms with van der Waals surface area (Å²) in [7, 11) is 0. The van der Waals surface area contributed by atoms with Gasteiger partial charge in [-0.15, -0.1) is 0 Å². The van der Waals surface area contributed by atoms with Crippen molar-refractivity contribution < 1.29 is 19.3 Å². The zero-order chi connectivity index (χ0) is 24.8. The average molecular weight is 459 g/mol. The van der Waals surface area contributed by atoms with Crippen LogP contribution in [0.5, 0.6) is 5.75 Å². The van der Waals surface area contributed by atoms with Crippen LogP contribution in [0.1, 0.15) is 91.8 Å². The van der Waals surface area contributed by atoms with E-state index in [2.05, 4.69) is 46.8 Å². The van der Waals surface area contributed by atoms with E-state index in [1.54, 1.807) is 0 Å². The Labute approximate surface area is 202 Å². The summed E-state index contributed by atoms with van der Waals surface area (Å²) in [6.45, 7) is 21.0. The number of phenols is 1. The van der Waals surface area contributed by atoms with Gasteiger partial charge in [-0.25, -0.2) is 0 Å². The lowest BCUT2D eigenvalue weighted by molar-refractivity contribution is 0.0601. The van der Waals surface area contributed by atoms with Crippen molar-refractivity contribution in [2.24, 2.45) is 10.8 Å². The maximum absolute atomic E-state index is 10.7. The molecule has 4 heteroatoms. The summed E-state index contributed by atoms with van der Waals surface area (Å²) >= 11 is 0. The Hall–Kier alpha value is -1.78. The third-order valence-corrected chi connectivity index (χ3v) is 6.94. The molecule has 0 radical (unpaired) electrons. The molecular formula is C29H46O4. The van der Waals surface area contributed by atoms with Crippen LogP contribution in [-0.4, -0.2) is 23.9 Å². The van der Waals surface area contributed by atoms with Gasteiger partial charge in [0.05, 0.1) is 37.8 Å². The van der Waals surface area contributed by atoms with Gasteiger partial charge in [-0.05, 0) is 68.7 Å². The maximum Gasteiger partial charge on any atom is 0.126 e. The molecule has 1 aliphatic rings. The molecule has 0 atom stereocenters. The molecule has 2 rings (SSSR count). The lowest BCUT2D eigenvalue weighted by Gasteiger charge is -2.42. The fourth-order valence-corrected chi connectivity index (χ4v) is 3.75. The van der Waals surface area contributed by atoms with Crippen LogP contribution in [-0.2, 0) is 33.8 Å². The number of hydrogen-bond acceptors (Lipinski definition) is 4. The molecule has 0 heterocycles. The minimum Gasteiger partial charge on any atom is -0.507 e. The predicted molar refractivity (Wildman–Crippen MR) is 136 cm³/mol. The molecule has 0 bridgehead atoms. The Bertz CT molecular complexity index is 805. The van der Waals surface area contributed by atoms with Crippen molar-refractivity contribution in [3.8, 4) is 5.75 Å². The van der Waals surface area contributed by atoms with Gasteiger partial charge in [0.25, 0.3) is 0 Å². The van der Waals surface area contributed by atoms with Crippen LogP contribution in [0.4, 0.5) is 0 Å². The summed E-state index contributed by atoms with van der Waals surface area (Å²) in [4.78, 5) is 0. The molecule has 1 aromatic rings. The van der Waals surface area contributed by atoms with E-state index < -0.39 is 0 Å². The van der Waals surface area contributed by atoms with E-state index >= 15 is 0 Å². The molecule has 33 heavy (non-hydrogen) atoms. The summed E-state index contributed by atoms with van der Waals surface area (Å²) in [5.74, 6) is 1.32. The second-order valence-corrected chi connectivity index (χ2v) is 11.3. The first-order valence-electron chi connectivity index (χ1n) is 12.4. The van der Waals surface area contributed by atoms with Crippen molar-refractivity contribution in [3.05, 3.63) is 52.3 Å². The highest BCUT2D eigenvalue weighted by molar-refractivity contribution is 5.43. The molecule has 0 fully saturated rings. The third kappa shape index (κ3) is 7.89. The van der Waals surface area contributed by atoms with Crippen LogP contribution < -0.4 is 0 Å². The first-order valence-corrected chi connectivity index (χ1v) is 12.4. The summed E-state index contributed by atoms with van der Waals surface area (Å²) in [5.41, 5.74) is 4.60. The number of benzene rings is 1. The fourth-order valence-electron chi connectivity index (χ4n) is 3.75. The molecule has 0 spiro atoms. The summed E-state index contributed by atoms with van der Waals surface area (Å²) in [6, 6.07) is 4.05. The monoisotopic (exact) mass is 458 g/mol. The van der Waals surface area contributed by atoms with Crippen molar-refractivity contribution in [2.75, 3.05) is 6.61 Å². The van der Waals surface area contributed by atoms with Gasteiger partial charge in [-0.3, -0.25) is 0 Å². The van der Waals surface area contributed by atoms with Crippen LogP contribution in [0.25, 0.3) is 0 Å². The minimum absolute atomic E-state index is 0.103. The lowest BCUT2D eigenvalue weighted by atomic mass is 9.63. The summed E-state index contributed by atoms with van der Waals surface area (Å²) < 4.78 is 17.6. The Morgan fingerprint density at radius 2 is 1.39 bits per heavy atom. The molecule has 0 aliphatic heterocycles. The Morgan fingerprint density at radius 1 is 0.848 bits per heavy atom. The molecule has 1 N–H and O–H groups in total. The minimum atomic E-state index is 0.103. The van der Waals surface area contributed by atoms with Gasteiger partial charge in [0.15, 0.2) is 0 Å². The highest BCUT2D eigenvalue weighted by atomic mass is 16.5. The van der Waals surface area contributed by atoms with E-state index in [4.69, 9.17) is 14.2 Å². The highest BCUT2D eigenvalue weighted by Gasteiger charge is 2.36. The number of allylic oxidation sites excluding steroid dienone is 4. The van der Waals surface area contributed by atoms with Gasteiger partial charge >= 0.3 is 0 Å². The van der Waals surface area contributed by atoms with Gasteiger partial charge in [0, 0.05) is 24.0 Å². The molecule has 1 aliphatic carbocycles. The van der Waals surface area contributed by atoms with Crippen LogP contribution in [0, 0.1) is 10.8 Å². The molecule has 4 nitrogen and oxygen atoms in total. The Morgan fingerprint density at radius 3 is 1.82 bits per heavy atom. The Kier molecular flexibility index (Phi) is 9.63. The van der Waals surface area contributed by atoms with Crippen LogP contribution >= 0.6 is 0 Å². The standard InChI is InChI=1S/C29H46O4/c1-20(2)32-18-23-16-22(17-24(27(23)30)19-33-21(3)4)14-15-31-26-12-10-25(11-13-26)29(8,9)28(5,6)7/h10,12,16-17,20-21,30H,11,13-15,18-19H2,1-9H3. The molecule has 0 amide bonds. The van der Waals surface area contributed by atoms with E-state index in [-0.39, 0.29) is 28.8 Å². The van der Waals surface area contributed by atoms with Gasteiger partial charge in [0.1, 0.15) is 5.75 Å². The summed E-state index contributed by atoms with van der Waals surface area (Å²) in [5, 5.41) is 10.7. The molecule has 0 saturated carbocycles.